The van der Waals surface area contributed by atoms with Gasteiger partial charge in [-0.25, -0.2) is 4.98 Å². The minimum absolute atomic E-state index is 0.0748. The van der Waals surface area contributed by atoms with Gasteiger partial charge in [0.25, 0.3) is 5.91 Å². The maximum Gasteiger partial charge on any atom is 0.431 e. The molecule has 0 radical (unpaired) electrons. The molecule has 0 saturated carbocycles. The molecule has 8 nitrogen and oxygen atoms in total. The first-order chi connectivity index (χ1) is 13.6. The average Bonchev–Trinajstić information content (AvgIpc) is 3.10. The lowest BCUT2D eigenvalue weighted by Crippen LogP contribution is -2.28. The number of nitrogens with one attached hydrogen (secondary N) is 2. The van der Waals surface area contributed by atoms with E-state index < -0.39 is 35.7 Å². The van der Waals surface area contributed by atoms with Crippen molar-refractivity contribution >= 4 is 44.9 Å². The van der Waals surface area contributed by atoms with Crippen LogP contribution in [0.15, 0.2) is 35.3 Å². The van der Waals surface area contributed by atoms with Crippen molar-refractivity contribution in [1.82, 2.24) is 14.9 Å². The number of alkyl halides is 3. The molecule has 3 N–H and O–H groups in total. The Morgan fingerprint density at radius 3 is 2.66 bits per heavy atom. The van der Waals surface area contributed by atoms with Crippen molar-refractivity contribution in [2.45, 2.75) is 6.18 Å². The summed E-state index contributed by atoms with van der Waals surface area (Å²) >= 11 is 0.932. The number of carboxylic acid groups (broad SMARTS) is 1. The number of amides is 1. The Balaban J connectivity index is 1.90. The van der Waals surface area contributed by atoms with Gasteiger partial charge < -0.3 is 20.3 Å². The van der Waals surface area contributed by atoms with Crippen LogP contribution < -0.4 is 16.1 Å². The summed E-state index contributed by atoms with van der Waals surface area (Å²) in [5.74, 6) is -1.81. The van der Waals surface area contributed by atoms with Crippen LogP contribution in [0.4, 0.5) is 24.0 Å². The molecular formula is C17H13F3N4O4S. The van der Waals surface area contributed by atoms with Gasteiger partial charge in [-0.15, -0.1) is 0 Å². The van der Waals surface area contributed by atoms with E-state index in [1.165, 1.54) is 31.4 Å². The number of pyridine rings is 1. The normalized spacial score (nSPS) is 11.4. The van der Waals surface area contributed by atoms with E-state index in [1.54, 1.807) is 0 Å². The number of anilines is 2. The molecule has 1 amide bonds. The number of thiazole rings is 1. The molecule has 3 rings (SSSR count). The number of hydrogen-bond acceptors (Lipinski definition) is 6. The predicted molar refractivity (Wildman–Crippen MR) is 99.6 cm³/mol. The summed E-state index contributed by atoms with van der Waals surface area (Å²) in [6, 6.07) is 4.83. The molecule has 0 aliphatic carbocycles. The largest absolute Gasteiger partial charge is 0.480 e. The van der Waals surface area contributed by atoms with Crippen molar-refractivity contribution in [3.63, 3.8) is 0 Å². The number of carboxylic acids is 1. The first kappa shape index (κ1) is 20.3. The zero-order valence-electron chi connectivity index (χ0n) is 14.7. The molecule has 0 spiro atoms. The van der Waals surface area contributed by atoms with Gasteiger partial charge in [0.1, 0.15) is 17.1 Å². The second kappa shape index (κ2) is 7.54. The summed E-state index contributed by atoms with van der Waals surface area (Å²) in [4.78, 5) is 38.5. The fourth-order valence-corrected chi connectivity index (χ4v) is 3.35. The maximum atomic E-state index is 13.1. The topological polar surface area (TPSA) is 113 Å². The van der Waals surface area contributed by atoms with Crippen molar-refractivity contribution in [2.75, 3.05) is 11.9 Å². The number of aromatic nitrogens is 2. The zero-order valence-corrected chi connectivity index (χ0v) is 15.5. The minimum atomic E-state index is -4.68. The van der Waals surface area contributed by atoms with Crippen LogP contribution in [0.25, 0.3) is 10.9 Å². The van der Waals surface area contributed by atoms with Gasteiger partial charge in [-0.3, -0.25) is 14.4 Å². The number of carbonyl (C=O) groups is 2. The molecule has 1 aromatic carbocycles. The SMILES string of the molecule is Cn1c(C(F)(F)F)cc(=O)c2ccc(Nc3ncc(C(=O)NCC(=O)O)s3)cc21. The van der Waals surface area contributed by atoms with Crippen molar-refractivity contribution < 1.29 is 27.9 Å². The number of rotatable bonds is 5. The molecule has 0 bridgehead atoms. The summed E-state index contributed by atoms with van der Waals surface area (Å²) in [6.45, 7) is -0.542. The summed E-state index contributed by atoms with van der Waals surface area (Å²) in [6.07, 6.45) is -3.44. The van der Waals surface area contributed by atoms with Gasteiger partial charge in [0.2, 0.25) is 0 Å². The molecule has 0 aliphatic heterocycles. The molecule has 152 valence electrons. The van der Waals surface area contributed by atoms with Gasteiger partial charge in [-0.1, -0.05) is 11.3 Å². The van der Waals surface area contributed by atoms with Crippen molar-refractivity contribution in [2.24, 2.45) is 7.05 Å². The molecule has 0 atom stereocenters. The highest BCUT2D eigenvalue weighted by molar-refractivity contribution is 7.17. The Kier molecular flexibility index (Phi) is 5.29. The van der Waals surface area contributed by atoms with Gasteiger partial charge in [0.15, 0.2) is 10.6 Å². The van der Waals surface area contributed by atoms with Gasteiger partial charge in [0, 0.05) is 24.2 Å². The highest BCUT2D eigenvalue weighted by Crippen LogP contribution is 2.31. The number of benzene rings is 1. The van der Waals surface area contributed by atoms with Crippen LogP contribution in [0, 0.1) is 0 Å². The smallest absolute Gasteiger partial charge is 0.431 e. The molecule has 0 fully saturated rings. The minimum Gasteiger partial charge on any atom is -0.480 e. The zero-order chi connectivity index (χ0) is 21.3. The lowest BCUT2D eigenvalue weighted by Gasteiger charge is -2.15. The van der Waals surface area contributed by atoms with Crippen molar-refractivity contribution in [3.05, 3.63) is 51.3 Å². The molecule has 0 saturated heterocycles. The molecule has 2 heterocycles. The third kappa shape index (κ3) is 4.37. The van der Waals surface area contributed by atoms with Crippen LogP contribution >= 0.6 is 11.3 Å². The number of aliphatic carboxylic acids is 1. The van der Waals surface area contributed by atoms with E-state index >= 15 is 0 Å². The molecule has 3 aromatic rings. The van der Waals surface area contributed by atoms with Crippen LogP contribution in [-0.4, -0.2) is 33.1 Å². The summed E-state index contributed by atoms with van der Waals surface area (Å²) < 4.78 is 40.3. The fourth-order valence-electron chi connectivity index (χ4n) is 2.60. The lowest BCUT2D eigenvalue weighted by molar-refractivity contribution is -0.143. The first-order valence-electron chi connectivity index (χ1n) is 8.00. The molecule has 29 heavy (non-hydrogen) atoms. The van der Waals surface area contributed by atoms with E-state index in [-0.39, 0.29) is 20.9 Å². The quantitative estimate of drug-likeness (QED) is 0.578. The Bertz CT molecular complexity index is 1170. The monoisotopic (exact) mass is 426 g/mol. The van der Waals surface area contributed by atoms with E-state index in [1.807, 2.05) is 0 Å². The van der Waals surface area contributed by atoms with Crippen LogP contribution in [0.5, 0.6) is 0 Å². The van der Waals surface area contributed by atoms with E-state index in [9.17, 15) is 27.6 Å². The van der Waals surface area contributed by atoms with Gasteiger partial charge in [-0.2, -0.15) is 13.2 Å². The summed E-state index contributed by atoms with van der Waals surface area (Å²) in [5.41, 5.74) is -1.38. The van der Waals surface area contributed by atoms with Crippen molar-refractivity contribution in [1.29, 1.82) is 0 Å². The average molecular weight is 426 g/mol. The lowest BCUT2D eigenvalue weighted by atomic mass is 10.1. The number of halogens is 3. The number of aryl methyl sites for hydroxylation is 1. The highest BCUT2D eigenvalue weighted by Gasteiger charge is 2.34. The molecule has 0 aliphatic rings. The van der Waals surface area contributed by atoms with Gasteiger partial charge >= 0.3 is 12.1 Å². The van der Waals surface area contributed by atoms with Gasteiger partial charge in [-0.05, 0) is 18.2 Å². The second-order valence-corrected chi connectivity index (χ2v) is 6.94. The Labute approximate surface area is 164 Å². The highest BCUT2D eigenvalue weighted by atomic mass is 32.1. The molecule has 12 heteroatoms. The summed E-state index contributed by atoms with van der Waals surface area (Å²) in [5, 5.41) is 14.0. The molecule has 0 unspecified atom stereocenters. The van der Waals surface area contributed by atoms with Crippen molar-refractivity contribution in [3.8, 4) is 0 Å². The second-order valence-electron chi connectivity index (χ2n) is 5.91. The van der Waals surface area contributed by atoms with E-state index in [0.29, 0.717) is 11.8 Å². The molecular weight excluding hydrogens is 413 g/mol. The maximum absolute atomic E-state index is 13.1. The predicted octanol–water partition coefficient (Wildman–Crippen LogP) is 2.57. The van der Waals surface area contributed by atoms with Crippen LogP contribution in [0.3, 0.4) is 0 Å². The first-order valence-corrected chi connectivity index (χ1v) is 8.82. The standard InChI is InChI=1S/C17H13F3N4O4S/c1-24-10-4-8(2-3-9(10)11(25)5-13(24)17(18,19)20)23-16-22-6-12(29-16)15(28)21-7-14(26)27/h2-6H,7H2,1H3,(H,21,28)(H,22,23)(H,26,27). The van der Waals surface area contributed by atoms with Crippen LogP contribution in [0.1, 0.15) is 15.4 Å². The van der Waals surface area contributed by atoms with Gasteiger partial charge in [0.05, 0.1) is 11.7 Å². The Morgan fingerprint density at radius 2 is 2.00 bits per heavy atom. The van der Waals surface area contributed by atoms with Crippen LogP contribution in [0.2, 0.25) is 0 Å². The van der Waals surface area contributed by atoms with E-state index in [4.69, 9.17) is 5.11 Å². The fraction of sp³-hybridized carbons (Fsp3) is 0.176. The number of fused-ring (bicyclic) bond motifs is 1. The Morgan fingerprint density at radius 1 is 1.28 bits per heavy atom. The molecule has 2 aromatic heterocycles. The van der Waals surface area contributed by atoms with E-state index in [0.717, 1.165) is 15.9 Å². The third-order valence-corrected chi connectivity index (χ3v) is 4.84. The third-order valence-electron chi connectivity index (χ3n) is 3.93. The number of nitrogens with zero attached hydrogens (tertiary/aromatic N) is 2. The summed E-state index contributed by atoms with van der Waals surface area (Å²) in [7, 11) is 1.21. The number of carbonyl (C=O) groups excluding carboxylic acids is 1. The number of hydrogen-bond donors (Lipinski definition) is 3. The Hall–Kier alpha value is -3.41. The van der Waals surface area contributed by atoms with Crippen LogP contribution in [-0.2, 0) is 18.0 Å². The van der Waals surface area contributed by atoms with E-state index in [2.05, 4.69) is 15.6 Å².